The van der Waals surface area contributed by atoms with Crippen LogP contribution < -0.4 is 5.32 Å². The highest BCUT2D eigenvalue weighted by Gasteiger charge is 2.45. The third kappa shape index (κ3) is 3.22. The van der Waals surface area contributed by atoms with Gasteiger partial charge in [-0.15, -0.1) is 0 Å². The third-order valence-electron chi connectivity index (χ3n) is 3.67. The van der Waals surface area contributed by atoms with E-state index in [1.807, 2.05) is 25.7 Å². The van der Waals surface area contributed by atoms with Gasteiger partial charge in [-0.2, -0.15) is 0 Å². The highest BCUT2D eigenvalue weighted by Crippen LogP contribution is 2.32. The summed E-state index contributed by atoms with van der Waals surface area (Å²) in [5.41, 5.74) is -0.752. The smallest absolute Gasteiger partial charge is 0.324 e. The van der Waals surface area contributed by atoms with Gasteiger partial charge >= 0.3 is 5.97 Å². The van der Waals surface area contributed by atoms with Crippen LogP contribution in [0.5, 0.6) is 0 Å². The molecule has 1 atom stereocenters. The van der Waals surface area contributed by atoms with E-state index in [9.17, 15) is 14.7 Å². The second-order valence-corrected chi connectivity index (χ2v) is 5.25. The number of amides is 1. The summed E-state index contributed by atoms with van der Waals surface area (Å²) >= 11 is 0. The molecule has 0 radical (unpaired) electrons. The van der Waals surface area contributed by atoms with Gasteiger partial charge in [0.05, 0.1) is 0 Å². The van der Waals surface area contributed by atoms with Gasteiger partial charge < -0.3 is 10.4 Å². The van der Waals surface area contributed by atoms with Crippen LogP contribution in [0.3, 0.4) is 0 Å². The van der Waals surface area contributed by atoms with Gasteiger partial charge in [0, 0.05) is 19.0 Å². The van der Waals surface area contributed by atoms with E-state index in [-0.39, 0.29) is 11.9 Å². The van der Waals surface area contributed by atoms with Crippen molar-refractivity contribution in [1.29, 1.82) is 0 Å². The molecule has 5 heteroatoms. The van der Waals surface area contributed by atoms with E-state index in [1.54, 1.807) is 0 Å². The summed E-state index contributed by atoms with van der Waals surface area (Å²) in [7, 11) is 0. The lowest BCUT2D eigenvalue weighted by Crippen LogP contribution is -2.51. The van der Waals surface area contributed by atoms with Crippen molar-refractivity contribution in [2.24, 2.45) is 0 Å². The topological polar surface area (TPSA) is 69.6 Å². The number of likely N-dealkylation sites (tertiary alicyclic amines) is 1. The van der Waals surface area contributed by atoms with E-state index in [1.165, 1.54) is 0 Å². The number of carboxylic acid groups (broad SMARTS) is 1. The molecule has 1 rings (SSSR count). The highest BCUT2D eigenvalue weighted by molar-refractivity contribution is 5.79. The molecule has 0 aromatic carbocycles. The maximum Gasteiger partial charge on any atom is 0.324 e. The van der Waals surface area contributed by atoms with Crippen molar-refractivity contribution in [3.63, 3.8) is 0 Å². The van der Waals surface area contributed by atoms with E-state index in [0.717, 1.165) is 13.0 Å². The van der Waals surface area contributed by atoms with Crippen molar-refractivity contribution in [2.75, 3.05) is 13.1 Å². The number of hydrogen-bond donors (Lipinski definition) is 2. The van der Waals surface area contributed by atoms with Crippen LogP contribution in [0, 0.1) is 0 Å². The average Bonchev–Trinajstić information content (AvgIpc) is 2.69. The molecular weight excluding hydrogens is 232 g/mol. The van der Waals surface area contributed by atoms with E-state index < -0.39 is 11.5 Å². The molecule has 1 aliphatic heterocycles. The van der Waals surface area contributed by atoms with E-state index in [2.05, 4.69) is 5.32 Å². The molecular formula is C13H24N2O3. The lowest BCUT2D eigenvalue weighted by molar-refractivity contribution is -0.150. The van der Waals surface area contributed by atoms with Gasteiger partial charge in [0.15, 0.2) is 0 Å². The van der Waals surface area contributed by atoms with Gasteiger partial charge in [-0.05, 0) is 39.7 Å². The molecule has 1 amide bonds. The first kappa shape index (κ1) is 15.0. The summed E-state index contributed by atoms with van der Waals surface area (Å²) < 4.78 is 0. The zero-order valence-corrected chi connectivity index (χ0v) is 11.5. The highest BCUT2D eigenvalue weighted by atomic mass is 16.4. The molecule has 1 aliphatic rings. The lowest BCUT2D eigenvalue weighted by atomic mass is 9.93. The standard InChI is InChI=1S/C13H24N2O3/c1-4-13(12(17)18)7-5-8-15(13)9-6-11(16)14-10(2)3/h10H,4-9H2,1-3H3,(H,14,16)(H,17,18). The second kappa shape index (κ2) is 6.18. The maximum atomic E-state index is 11.6. The quantitative estimate of drug-likeness (QED) is 0.750. The Kier molecular flexibility index (Phi) is 5.14. The third-order valence-corrected chi connectivity index (χ3v) is 3.67. The van der Waals surface area contributed by atoms with Gasteiger partial charge in [-0.3, -0.25) is 14.5 Å². The van der Waals surface area contributed by atoms with Crippen LogP contribution in [0.2, 0.25) is 0 Å². The molecule has 5 nitrogen and oxygen atoms in total. The van der Waals surface area contributed by atoms with Crippen molar-refractivity contribution >= 4 is 11.9 Å². The number of hydrogen-bond acceptors (Lipinski definition) is 3. The number of carboxylic acids is 1. The van der Waals surface area contributed by atoms with Crippen LogP contribution >= 0.6 is 0 Å². The first-order chi connectivity index (χ1) is 8.42. The lowest BCUT2D eigenvalue weighted by Gasteiger charge is -2.33. The monoisotopic (exact) mass is 256 g/mol. The van der Waals surface area contributed by atoms with Crippen LogP contribution in [0.25, 0.3) is 0 Å². The predicted octanol–water partition coefficient (Wildman–Crippen LogP) is 1.23. The van der Waals surface area contributed by atoms with Gasteiger partial charge in [0.1, 0.15) is 5.54 Å². The zero-order chi connectivity index (χ0) is 13.8. The molecule has 1 unspecified atom stereocenters. The van der Waals surface area contributed by atoms with E-state index in [0.29, 0.717) is 25.8 Å². The van der Waals surface area contributed by atoms with Crippen molar-refractivity contribution in [3.05, 3.63) is 0 Å². The fourth-order valence-electron chi connectivity index (χ4n) is 2.68. The molecule has 0 spiro atoms. The van der Waals surface area contributed by atoms with Crippen molar-refractivity contribution in [2.45, 2.75) is 58.0 Å². The molecule has 0 saturated carbocycles. The minimum Gasteiger partial charge on any atom is -0.480 e. The number of aliphatic carboxylic acids is 1. The van der Waals surface area contributed by atoms with Crippen LogP contribution in [0.4, 0.5) is 0 Å². The van der Waals surface area contributed by atoms with Crippen LogP contribution in [0.1, 0.15) is 46.5 Å². The number of nitrogens with one attached hydrogen (secondary N) is 1. The largest absolute Gasteiger partial charge is 0.480 e. The summed E-state index contributed by atoms with van der Waals surface area (Å²) in [4.78, 5) is 25.0. The van der Waals surface area contributed by atoms with Crippen molar-refractivity contribution < 1.29 is 14.7 Å². The molecule has 1 saturated heterocycles. The second-order valence-electron chi connectivity index (χ2n) is 5.25. The Labute approximate surface area is 109 Å². The van der Waals surface area contributed by atoms with E-state index in [4.69, 9.17) is 0 Å². The number of carbonyl (C=O) groups excluding carboxylic acids is 1. The molecule has 0 aromatic rings. The Balaban J connectivity index is 2.55. The molecule has 0 bridgehead atoms. The average molecular weight is 256 g/mol. The Bertz CT molecular complexity index is 317. The number of carbonyl (C=O) groups is 2. The fourth-order valence-corrected chi connectivity index (χ4v) is 2.68. The Morgan fingerprint density at radius 1 is 1.44 bits per heavy atom. The predicted molar refractivity (Wildman–Crippen MR) is 69.4 cm³/mol. The first-order valence-electron chi connectivity index (χ1n) is 6.70. The minimum absolute atomic E-state index is 0.00714. The zero-order valence-electron chi connectivity index (χ0n) is 11.5. The molecule has 1 fully saturated rings. The molecule has 18 heavy (non-hydrogen) atoms. The summed E-state index contributed by atoms with van der Waals surface area (Å²) in [5, 5.41) is 12.2. The normalized spacial score (nSPS) is 24.4. The molecule has 2 N–H and O–H groups in total. The van der Waals surface area contributed by atoms with E-state index >= 15 is 0 Å². The number of rotatable bonds is 6. The van der Waals surface area contributed by atoms with Gasteiger partial charge in [0.2, 0.25) is 5.91 Å². The number of nitrogens with zero attached hydrogens (tertiary/aromatic N) is 1. The summed E-state index contributed by atoms with van der Waals surface area (Å²) in [6.07, 6.45) is 2.54. The fraction of sp³-hybridized carbons (Fsp3) is 0.846. The first-order valence-corrected chi connectivity index (χ1v) is 6.70. The van der Waals surface area contributed by atoms with Gasteiger partial charge in [-0.1, -0.05) is 6.92 Å². The van der Waals surface area contributed by atoms with Crippen molar-refractivity contribution in [1.82, 2.24) is 10.2 Å². The van der Waals surface area contributed by atoms with Gasteiger partial charge in [-0.25, -0.2) is 0 Å². The Hall–Kier alpha value is -1.10. The molecule has 0 aromatic heterocycles. The van der Waals surface area contributed by atoms with Crippen molar-refractivity contribution in [3.8, 4) is 0 Å². The Morgan fingerprint density at radius 2 is 2.11 bits per heavy atom. The molecule has 0 aliphatic carbocycles. The minimum atomic E-state index is -0.758. The molecule has 104 valence electrons. The van der Waals surface area contributed by atoms with Crippen LogP contribution in [-0.2, 0) is 9.59 Å². The van der Waals surface area contributed by atoms with Gasteiger partial charge in [0.25, 0.3) is 0 Å². The summed E-state index contributed by atoms with van der Waals surface area (Å²) in [6.45, 7) is 7.04. The molecule has 1 heterocycles. The summed E-state index contributed by atoms with van der Waals surface area (Å²) in [6, 6.07) is 0.131. The SMILES string of the molecule is CCC1(C(=O)O)CCCN1CCC(=O)NC(C)C. The summed E-state index contributed by atoms with van der Waals surface area (Å²) in [5.74, 6) is -0.765. The van der Waals surface area contributed by atoms with Crippen LogP contribution in [0.15, 0.2) is 0 Å². The van der Waals surface area contributed by atoms with Crippen LogP contribution in [-0.4, -0.2) is 46.6 Å². The maximum absolute atomic E-state index is 11.6. The Morgan fingerprint density at radius 3 is 2.61 bits per heavy atom.